The third kappa shape index (κ3) is 6.11. The minimum Gasteiger partial charge on any atom is -0.432 e. The number of urea groups is 1. The van der Waals surface area contributed by atoms with Crippen molar-refractivity contribution >= 4 is 12.0 Å². The number of likely N-dealkylation sites (tertiary alicyclic amines) is 1. The molecule has 34 heavy (non-hydrogen) atoms. The molecule has 184 valence electrons. The quantitative estimate of drug-likeness (QED) is 0.692. The first kappa shape index (κ1) is 24.1. The van der Waals surface area contributed by atoms with Crippen molar-refractivity contribution in [2.75, 3.05) is 31.1 Å². The normalized spacial score (nSPS) is 22.1. The number of halogens is 2. The largest absolute Gasteiger partial charge is 0.432 e. The molecule has 3 heterocycles. The molecule has 0 unspecified atom stereocenters. The highest BCUT2D eigenvalue weighted by atomic mass is 19.3. The number of nitrogens with one attached hydrogen (secondary N) is 1. The van der Waals surface area contributed by atoms with Crippen LogP contribution in [-0.4, -0.2) is 76.7 Å². The number of rotatable bonds is 6. The van der Waals surface area contributed by atoms with Gasteiger partial charge in [-0.1, -0.05) is 30.3 Å². The number of amides is 2. The van der Waals surface area contributed by atoms with Crippen LogP contribution in [0.3, 0.4) is 0 Å². The Morgan fingerprint density at radius 3 is 2.29 bits per heavy atom. The molecule has 2 aliphatic heterocycles. The summed E-state index contributed by atoms with van der Waals surface area (Å²) in [6.45, 7) is 5.06. The maximum Gasteiger partial charge on any atom is 0.387 e. The van der Waals surface area contributed by atoms with E-state index in [1.807, 2.05) is 29.7 Å². The lowest BCUT2D eigenvalue weighted by Gasteiger charge is -2.45. The molecule has 0 bridgehead atoms. The Morgan fingerprint density at radius 2 is 1.71 bits per heavy atom. The number of carbonyl (C=O) groups is 1. The monoisotopic (exact) mass is 474 g/mol. The molecule has 0 saturated carbocycles. The first-order valence-electron chi connectivity index (χ1n) is 11.8. The zero-order valence-corrected chi connectivity index (χ0v) is 19.6. The lowest BCUT2D eigenvalue weighted by Crippen LogP contribution is -2.62. The number of benzene rings is 1. The van der Waals surface area contributed by atoms with E-state index in [9.17, 15) is 13.6 Å². The van der Waals surface area contributed by atoms with Crippen LogP contribution in [0.1, 0.15) is 32.3 Å². The first-order chi connectivity index (χ1) is 16.4. The van der Waals surface area contributed by atoms with E-state index in [4.69, 9.17) is 0 Å². The molecule has 1 aromatic carbocycles. The van der Waals surface area contributed by atoms with Gasteiger partial charge in [0.15, 0.2) is 5.75 Å². The van der Waals surface area contributed by atoms with Crippen LogP contribution >= 0.6 is 0 Å². The molecule has 0 radical (unpaired) electrons. The molecule has 2 amide bonds. The van der Waals surface area contributed by atoms with Crippen molar-refractivity contribution in [2.24, 2.45) is 0 Å². The van der Waals surface area contributed by atoms with E-state index in [2.05, 4.69) is 49.2 Å². The molecule has 2 atom stereocenters. The summed E-state index contributed by atoms with van der Waals surface area (Å²) in [6.07, 6.45) is 4.35. The highest BCUT2D eigenvalue weighted by Gasteiger charge is 2.35. The van der Waals surface area contributed by atoms with E-state index in [0.29, 0.717) is 19.0 Å². The Morgan fingerprint density at radius 1 is 1.09 bits per heavy atom. The van der Waals surface area contributed by atoms with Crippen LogP contribution in [0.15, 0.2) is 42.7 Å². The van der Waals surface area contributed by atoms with Crippen molar-refractivity contribution in [3.8, 4) is 5.75 Å². The summed E-state index contributed by atoms with van der Waals surface area (Å²) < 4.78 is 29.0. The maximum absolute atomic E-state index is 13.1. The lowest BCUT2D eigenvalue weighted by atomic mass is 10.0. The van der Waals surface area contributed by atoms with Crippen LogP contribution in [0.2, 0.25) is 0 Å². The standard InChI is InChI=1S/C24H32F2N6O2/c1-17-14-31(23-27-12-21(13-28-23)34-22(25)26)15-18(2)32(17)24(33)29-20-8-10-30(11-9-20)16-19-6-4-3-5-7-19/h3-7,12-13,17-18,20,22H,8-11,14-16H2,1-2H3,(H,29,33)/t17-,18+. The average Bonchev–Trinajstić information content (AvgIpc) is 2.81. The van der Waals surface area contributed by atoms with Gasteiger partial charge in [0.2, 0.25) is 5.95 Å². The summed E-state index contributed by atoms with van der Waals surface area (Å²) in [5.41, 5.74) is 1.31. The Bertz CT molecular complexity index is 913. The van der Waals surface area contributed by atoms with Crippen LogP contribution in [-0.2, 0) is 6.54 Å². The third-order valence-corrected chi connectivity index (χ3v) is 6.44. The van der Waals surface area contributed by atoms with Gasteiger partial charge in [0, 0.05) is 50.8 Å². The Balaban J connectivity index is 1.26. The number of piperidine rings is 1. The molecule has 1 N–H and O–H groups in total. The molecule has 10 heteroatoms. The van der Waals surface area contributed by atoms with Gasteiger partial charge in [-0.05, 0) is 32.3 Å². The summed E-state index contributed by atoms with van der Waals surface area (Å²) in [5, 5.41) is 3.24. The van der Waals surface area contributed by atoms with Crippen molar-refractivity contribution in [3.05, 3.63) is 48.3 Å². The van der Waals surface area contributed by atoms with E-state index in [1.54, 1.807) is 0 Å². The van der Waals surface area contributed by atoms with Gasteiger partial charge in [-0.2, -0.15) is 8.78 Å². The maximum atomic E-state index is 13.1. The van der Waals surface area contributed by atoms with E-state index in [0.717, 1.165) is 32.5 Å². The van der Waals surface area contributed by atoms with Crippen LogP contribution < -0.4 is 15.0 Å². The van der Waals surface area contributed by atoms with Gasteiger partial charge in [0.1, 0.15) is 0 Å². The van der Waals surface area contributed by atoms with Crippen molar-refractivity contribution in [2.45, 2.75) is 58.0 Å². The number of alkyl halides is 2. The summed E-state index contributed by atoms with van der Waals surface area (Å²) >= 11 is 0. The van der Waals surface area contributed by atoms with Crippen LogP contribution in [0, 0.1) is 0 Å². The van der Waals surface area contributed by atoms with Gasteiger partial charge >= 0.3 is 12.6 Å². The molecule has 4 rings (SSSR count). The zero-order valence-electron chi connectivity index (χ0n) is 19.6. The molecule has 0 aliphatic carbocycles. The van der Waals surface area contributed by atoms with Crippen LogP contribution in [0.4, 0.5) is 19.5 Å². The van der Waals surface area contributed by atoms with Gasteiger partial charge < -0.3 is 19.9 Å². The van der Waals surface area contributed by atoms with Gasteiger partial charge in [-0.25, -0.2) is 14.8 Å². The zero-order chi connectivity index (χ0) is 24.1. The summed E-state index contributed by atoms with van der Waals surface area (Å²) in [7, 11) is 0. The minimum atomic E-state index is -2.91. The second-order valence-electron chi connectivity index (χ2n) is 9.09. The third-order valence-electron chi connectivity index (χ3n) is 6.44. The predicted molar refractivity (Wildman–Crippen MR) is 125 cm³/mol. The number of aromatic nitrogens is 2. The SMILES string of the molecule is C[C@@H]1CN(c2ncc(OC(F)F)cn2)C[C@H](C)N1C(=O)NC1CCN(Cc2ccccc2)CC1. The predicted octanol–water partition coefficient (Wildman–Crippen LogP) is 3.35. The second kappa shape index (κ2) is 10.9. The number of ether oxygens (including phenoxy) is 1. The number of carbonyl (C=O) groups excluding carboxylic acids is 1. The molecule has 2 fully saturated rings. The molecule has 0 spiro atoms. The molecule has 8 nitrogen and oxygen atoms in total. The van der Waals surface area contributed by atoms with E-state index in [-0.39, 0.29) is 29.9 Å². The fraction of sp³-hybridized carbons (Fsp3) is 0.542. The van der Waals surface area contributed by atoms with Gasteiger partial charge in [-0.3, -0.25) is 4.90 Å². The van der Waals surface area contributed by atoms with Gasteiger partial charge in [-0.15, -0.1) is 0 Å². The lowest BCUT2D eigenvalue weighted by molar-refractivity contribution is -0.0503. The fourth-order valence-electron chi connectivity index (χ4n) is 4.85. The summed E-state index contributed by atoms with van der Waals surface area (Å²) in [4.78, 5) is 27.7. The van der Waals surface area contributed by atoms with Crippen LogP contribution in [0.5, 0.6) is 5.75 Å². The molecular weight excluding hydrogens is 442 g/mol. The highest BCUT2D eigenvalue weighted by Crippen LogP contribution is 2.22. The smallest absolute Gasteiger partial charge is 0.387 e. The van der Waals surface area contributed by atoms with Crippen molar-refractivity contribution in [1.29, 1.82) is 0 Å². The Kier molecular flexibility index (Phi) is 7.77. The minimum absolute atomic E-state index is 0.0391. The Labute approximate surface area is 198 Å². The number of anilines is 1. The van der Waals surface area contributed by atoms with E-state index in [1.165, 1.54) is 18.0 Å². The number of piperazine rings is 1. The van der Waals surface area contributed by atoms with E-state index >= 15 is 0 Å². The first-order valence-corrected chi connectivity index (χ1v) is 11.8. The van der Waals surface area contributed by atoms with Gasteiger partial charge in [0.05, 0.1) is 12.4 Å². The fourth-order valence-corrected chi connectivity index (χ4v) is 4.85. The average molecular weight is 475 g/mol. The van der Waals surface area contributed by atoms with E-state index < -0.39 is 6.61 Å². The van der Waals surface area contributed by atoms with Gasteiger partial charge in [0.25, 0.3) is 0 Å². The topological polar surface area (TPSA) is 73.8 Å². The Hall–Kier alpha value is -3.01. The number of hydrogen-bond acceptors (Lipinski definition) is 6. The highest BCUT2D eigenvalue weighted by molar-refractivity contribution is 5.75. The van der Waals surface area contributed by atoms with Crippen molar-refractivity contribution in [1.82, 2.24) is 25.1 Å². The number of hydrogen-bond donors (Lipinski definition) is 1. The van der Waals surface area contributed by atoms with Crippen molar-refractivity contribution < 1.29 is 18.3 Å². The molecule has 2 saturated heterocycles. The number of nitrogens with zero attached hydrogens (tertiary/aromatic N) is 5. The van der Waals surface area contributed by atoms with Crippen LogP contribution in [0.25, 0.3) is 0 Å². The molecular formula is C24H32F2N6O2. The molecule has 2 aliphatic rings. The summed E-state index contributed by atoms with van der Waals surface area (Å²) in [5.74, 6) is 0.360. The molecule has 1 aromatic heterocycles. The molecule has 2 aromatic rings. The second-order valence-corrected chi connectivity index (χ2v) is 9.09. The van der Waals surface area contributed by atoms with Crippen molar-refractivity contribution in [3.63, 3.8) is 0 Å². The summed E-state index contributed by atoms with van der Waals surface area (Å²) in [6, 6.07) is 10.5.